The molecule has 2 atom stereocenters. The molecular weight excluding hydrogens is 186 g/mol. The molecule has 0 bridgehead atoms. The highest BCUT2D eigenvalue weighted by molar-refractivity contribution is 5.79. The van der Waals surface area contributed by atoms with Gasteiger partial charge in [-0.05, 0) is 32.1 Å². The van der Waals surface area contributed by atoms with E-state index in [9.17, 15) is 0 Å². The molecule has 1 rings (SSSR count). The van der Waals surface area contributed by atoms with Gasteiger partial charge in [0.1, 0.15) is 0 Å². The maximum atomic E-state index is 6.06. The first-order chi connectivity index (χ1) is 7.06. The molecule has 1 aliphatic heterocycles. The standard InChI is InChI=1S/C12H25N3/c1-5-11-7-6-10(4)15(11)12(13)14-8-9(2)3/h9-11H,5-8H2,1-4H3,(H2,13,14). The summed E-state index contributed by atoms with van der Waals surface area (Å²) < 4.78 is 0. The molecule has 1 aliphatic rings. The van der Waals surface area contributed by atoms with Crippen LogP contribution in [0.1, 0.15) is 47.0 Å². The molecule has 15 heavy (non-hydrogen) atoms. The van der Waals surface area contributed by atoms with Crippen molar-refractivity contribution in [3.05, 3.63) is 0 Å². The summed E-state index contributed by atoms with van der Waals surface area (Å²) in [6, 6.07) is 1.17. The van der Waals surface area contributed by atoms with Crippen molar-refractivity contribution in [3.8, 4) is 0 Å². The third kappa shape index (κ3) is 3.11. The second-order valence-electron chi connectivity index (χ2n) is 4.99. The van der Waals surface area contributed by atoms with Crippen molar-refractivity contribution in [2.75, 3.05) is 6.54 Å². The van der Waals surface area contributed by atoms with E-state index in [-0.39, 0.29) is 0 Å². The van der Waals surface area contributed by atoms with Crippen molar-refractivity contribution in [1.29, 1.82) is 0 Å². The maximum Gasteiger partial charge on any atom is 0.191 e. The van der Waals surface area contributed by atoms with Gasteiger partial charge < -0.3 is 10.6 Å². The van der Waals surface area contributed by atoms with E-state index in [0.717, 1.165) is 12.5 Å². The molecule has 0 spiro atoms. The monoisotopic (exact) mass is 211 g/mol. The van der Waals surface area contributed by atoms with Crippen LogP contribution < -0.4 is 5.73 Å². The number of nitrogens with zero attached hydrogens (tertiary/aromatic N) is 2. The highest BCUT2D eigenvalue weighted by Crippen LogP contribution is 2.25. The predicted molar refractivity (Wildman–Crippen MR) is 65.9 cm³/mol. The lowest BCUT2D eigenvalue weighted by Gasteiger charge is -2.29. The minimum atomic E-state index is 0.561. The van der Waals surface area contributed by atoms with E-state index in [1.54, 1.807) is 0 Å². The number of hydrogen-bond donors (Lipinski definition) is 1. The first-order valence-corrected chi connectivity index (χ1v) is 6.14. The molecule has 1 heterocycles. The number of likely N-dealkylation sites (tertiary alicyclic amines) is 1. The zero-order valence-corrected chi connectivity index (χ0v) is 10.5. The van der Waals surface area contributed by atoms with Gasteiger partial charge >= 0.3 is 0 Å². The molecule has 88 valence electrons. The van der Waals surface area contributed by atoms with E-state index < -0.39 is 0 Å². The van der Waals surface area contributed by atoms with Crippen LogP contribution in [-0.2, 0) is 0 Å². The molecule has 0 aromatic heterocycles. The molecule has 3 heteroatoms. The minimum Gasteiger partial charge on any atom is -0.370 e. The minimum absolute atomic E-state index is 0.561. The number of rotatable bonds is 3. The molecule has 0 aliphatic carbocycles. The van der Waals surface area contributed by atoms with Crippen LogP contribution >= 0.6 is 0 Å². The van der Waals surface area contributed by atoms with E-state index in [1.807, 2.05) is 0 Å². The molecule has 2 unspecified atom stereocenters. The van der Waals surface area contributed by atoms with Crippen LogP contribution in [0.5, 0.6) is 0 Å². The van der Waals surface area contributed by atoms with E-state index in [2.05, 4.69) is 37.6 Å². The van der Waals surface area contributed by atoms with Crippen LogP contribution in [0.15, 0.2) is 4.99 Å². The Morgan fingerprint density at radius 3 is 2.67 bits per heavy atom. The number of aliphatic imine (C=N–C) groups is 1. The zero-order chi connectivity index (χ0) is 11.4. The van der Waals surface area contributed by atoms with Gasteiger partial charge in [-0.15, -0.1) is 0 Å². The molecule has 0 aromatic carbocycles. The molecule has 0 aromatic rings. The second kappa shape index (κ2) is 5.38. The van der Waals surface area contributed by atoms with Crippen LogP contribution in [0.4, 0.5) is 0 Å². The molecule has 2 N–H and O–H groups in total. The van der Waals surface area contributed by atoms with Crippen LogP contribution in [0.25, 0.3) is 0 Å². The number of nitrogens with two attached hydrogens (primary N) is 1. The lowest BCUT2D eigenvalue weighted by Crippen LogP contribution is -2.44. The largest absolute Gasteiger partial charge is 0.370 e. The number of guanidine groups is 1. The molecule has 1 saturated heterocycles. The first kappa shape index (κ1) is 12.3. The van der Waals surface area contributed by atoms with Gasteiger partial charge in [-0.3, -0.25) is 4.99 Å². The zero-order valence-electron chi connectivity index (χ0n) is 10.5. The topological polar surface area (TPSA) is 41.6 Å². The fraction of sp³-hybridized carbons (Fsp3) is 0.917. The summed E-state index contributed by atoms with van der Waals surface area (Å²) >= 11 is 0. The third-order valence-electron chi connectivity index (χ3n) is 3.14. The summed E-state index contributed by atoms with van der Waals surface area (Å²) in [6.07, 6.45) is 3.67. The Bertz CT molecular complexity index is 223. The van der Waals surface area contributed by atoms with E-state index in [4.69, 9.17) is 5.73 Å². The van der Waals surface area contributed by atoms with Crippen LogP contribution in [0.2, 0.25) is 0 Å². The molecule has 0 saturated carbocycles. The van der Waals surface area contributed by atoms with Gasteiger partial charge in [-0.2, -0.15) is 0 Å². The quantitative estimate of drug-likeness (QED) is 0.574. The molecule has 0 amide bonds. The Morgan fingerprint density at radius 1 is 1.47 bits per heavy atom. The lowest BCUT2D eigenvalue weighted by atomic mass is 10.2. The van der Waals surface area contributed by atoms with Gasteiger partial charge in [0.05, 0.1) is 0 Å². The summed E-state index contributed by atoms with van der Waals surface area (Å²) in [7, 11) is 0. The third-order valence-corrected chi connectivity index (χ3v) is 3.14. The molecule has 3 nitrogen and oxygen atoms in total. The smallest absolute Gasteiger partial charge is 0.191 e. The van der Waals surface area contributed by atoms with Crippen molar-refractivity contribution in [1.82, 2.24) is 4.90 Å². The van der Waals surface area contributed by atoms with Gasteiger partial charge in [0.15, 0.2) is 5.96 Å². The normalized spacial score (nSPS) is 27.8. The molecule has 1 fully saturated rings. The van der Waals surface area contributed by atoms with Gasteiger partial charge in [0.2, 0.25) is 0 Å². The first-order valence-electron chi connectivity index (χ1n) is 6.14. The van der Waals surface area contributed by atoms with Crippen molar-refractivity contribution >= 4 is 5.96 Å². The number of hydrogen-bond acceptors (Lipinski definition) is 1. The van der Waals surface area contributed by atoms with Crippen molar-refractivity contribution in [3.63, 3.8) is 0 Å². The summed E-state index contributed by atoms with van der Waals surface area (Å²) in [6.45, 7) is 9.65. The second-order valence-corrected chi connectivity index (χ2v) is 4.99. The predicted octanol–water partition coefficient (Wildman–Crippen LogP) is 2.22. The fourth-order valence-corrected chi connectivity index (χ4v) is 2.24. The summed E-state index contributed by atoms with van der Waals surface area (Å²) in [5.74, 6) is 1.34. The molecule has 0 radical (unpaired) electrons. The average molecular weight is 211 g/mol. The van der Waals surface area contributed by atoms with Crippen molar-refractivity contribution in [2.24, 2.45) is 16.6 Å². The maximum absolute atomic E-state index is 6.06. The average Bonchev–Trinajstić information content (AvgIpc) is 2.56. The Hall–Kier alpha value is -0.730. The Morgan fingerprint density at radius 2 is 2.13 bits per heavy atom. The fourth-order valence-electron chi connectivity index (χ4n) is 2.24. The van der Waals surface area contributed by atoms with E-state index in [0.29, 0.717) is 18.0 Å². The highest BCUT2D eigenvalue weighted by Gasteiger charge is 2.30. The Kier molecular flexibility index (Phi) is 4.43. The van der Waals surface area contributed by atoms with Crippen LogP contribution in [-0.4, -0.2) is 29.5 Å². The van der Waals surface area contributed by atoms with Gasteiger partial charge in [-0.1, -0.05) is 20.8 Å². The van der Waals surface area contributed by atoms with Crippen LogP contribution in [0.3, 0.4) is 0 Å². The summed E-state index contributed by atoms with van der Waals surface area (Å²) in [4.78, 5) is 6.78. The lowest BCUT2D eigenvalue weighted by molar-refractivity contribution is 0.316. The summed E-state index contributed by atoms with van der Waals surface area (Å²) in [5, 5.41) is 0. The van der Waals surface area contributed by atoms with Gasteiger partial charge in [0.25, 0.3) is 0 Å². The van der Waals surface area contributed by atoms with Crippen molar-refractivity contribution < 1.29 is 0 Å². The van der Waals surface area contributed by atoms with Crippen LogP contribution in [0, 0.1) is 5.92 Å². The van der Waals surface area contributed by atoms with E-state index >= 15 is 0 Å². The summed E-state index contributed by atoms with van der Waals surface area (Å²) in [5.41, 5.74) is 6.06. The highest BCUT2D eigenvalue weighted by atomic mass is 15.3. The van der Waals surface area contributed by atoms with E-state index in [1.165, 1.54) is 19.3 Å². The Labute approximate surface area is 93.7 Å². The molecular formula is C12H25N3. The Balaban J connectivity index is 2.63. The van der Waals surface area contributed by atoms with Gasteiger partial charge in [0, 0.05) is 18.6 Å². The van der Waals surface area contributed by atoms with Crippen molar-refractivity contribution in [2.45, 2.75) is 59.0 Å². The SMILES string of the molecule is CCC1CCC(C)N1C(N)=NCC(C)C. The van der Waals surface area contributed by atoms with Gasteiger partial charge in [-0.25, -0.2) is 0 Å².